The summed E-state index contributed by atoms with van der Waals surface area (Å²) in [7, 11) is 0. The summed E-state index contributed by atoms with van der Waals surface area (Å²) in [6, 6.07) is 0. The van der Waals surface area contributed by atoms with Crippen LogP contribution in [0, 0.1) is 5.92 Å². The lowest BCUT2D eigenvalue weighted by Crippen LogP contribution is -2.32. The first-order chi connectivity index (χ1) is 7.66. The SMILES string of the molecule is O=c1[nH]c(=O)n(CC2CCCCC2)cc1Br. The summed E-state index contributed by atoms with van der Waals surface area (Å²) < 4.78 is 2.02. The maximum Gasteiger partial charge on any atom is 0.328 e. The minimum absolute atomic E-state index is 0.307. The molecule has 0 spiro atoms. The third-order valence-corrected chi connectivity index (χ3v) is 3.71. The van der Waals surface area contributed by atoms with Crippen LogP contribution >= 0.6 is 15.9 Å². The Labute approximate surface area is 102 Å². The van der Waals surface area contributed by atoms with E-state index in [-0.39, 0.29) is 11.2 Å². The minimum atomic E-state index is -0.357. The topological polar surface area (TPSA) is 54.9 Å². The highest BCUT2D eigenvalue weighted by Crippen LogP contribution is 2.24. The van der Waals surface area contributed by atoms with Crippen LogP contribution in [0.15, 0.2) is 20.3 Å². The fraction of sp³-hybridized carbons (Fsp3) is 0.636. The quantitative estimate of drug-likeness (QED) is 0.903. The average molecular weight is 287 g/mol. The van der Waals surface area contributed by atoms with Gasteiger partial charge in [0.25, 0.3) is 5.56 Å². The van der Waals surface area contributed by atoms with Crippen molar-refractivity contribution in [1.29, 1.82) is 0 Å². The summed E-state index contributed by atoms with van der Waals surface area (Å²) in [5.74, 6) is 0.573. The zero-order valence-corrected chi connectivity index (χ0v) is 10.6. The van der Waals surface area contributed by atoms with Crippen LogP contribution in [-0.2, 0) is 6.54 Å². The molecule has 2 rings (SSSR count). The van der Waals surface area contributed by atoms with Crippen molar-refractivity contribution >= 4 is 15.9 Å². The maximum absolute atomic E-state index is 11.6. The molecule has 0 radical (unpaired) electrons. The summed E-state index contributed by atoms with van der Waals surface area (Å²) in [5.41, 5.74) is -0.663. The van der Waals surface area contributed by atoms with Crippen molar-refractivity contribution in [1.82, 2.24) is 9.55 Å². The Kier molecular flexibility index (Phi) is 3.63. The van der Waals surface area contributed by atoms with E-state index in [1.54, 1.807) is 10.8 Å². The molecular weight excluding hydrogens is 272 g/mol. The fourth-order valence-electron chi connectivity index (χ4n) is 2.27. The van der Waals surface area contributed by atoms with Crippen LogP contribution < -0.4 is 11.2 Å². The van der Waals surface area contributed by atoms with Crippen molar-refractivity contribution in [3.05, 3.63) is 31.5 Å². The van der Waals surface area contributed by atoms with E-state index >= 15 is 0 Å². The summed E-state index contributed by atoms with van der Waals surface area (Å²) in [5, 5.41) is 0. The highest BCUT2D eigenvalue weighted by molar-refractivity contribution is 9.10. The van der Waals surface area contributed by atoms with Gasteiger partial charge in [-0.25, -0.2) is 4.79 Å². The Morgan fingerprint density at radius 1 is 1.31 bits per heavy atom. The summed E-state index contributed by atoms with van der Waals surface area (Å²) in [4.78, 5) is 25.0. The minimum Gasteiger partial charge on any atom is -0.299 e. The zero-order chi connectivity index (χ0) is 11.5. The standard InChI is InChI=1S/C11H15BrN2O2/c12-9-7-14(11(16)13-10(9)15)6-8-4-2-1-3-5-8/h7-8H,1-6H2,(H,13,15,16). The fourth-order valence-corrected chi connectivity index (χ4v) is 2.61. The molecule has 88 valence electrons. The third kappa shape index (κ3) is 2.64. The molecule has 1 aromatic heterocycles. The molecule has 5 heteroatoms. The summed E-state index contributed by atoms with van der Waals surface area (Å²) in [6.07, 6.45) is 7.77. The van der Waals surface area contributed by atoms with Crippen LogP contribution in [0.25, 0.3) is 0 Å². The Hall–Kier alpha value is -0.840. The van der Waals surface area contributed by atoms with Gasteiger partial charge in [0, 0.05) is 12.7 Å². The van der Waals surface area contributed by atoms with E-state index in [4.69, 9.17) is 0 Å². The number of hydrogen-bond donors (Lipinski definition) is 1. The smallest absolute Gasteiger partial charge is 0.299 e. The highest BCUT2D eigenvalue weighted by atomic mass is 79.9. The van der Waals surface area contributed by atoms with Crippen molar-refractivity contribution in [3.8, 4) is 0 Å². The van der Waals surface area contributed by atoms with Crippen LogP contribution in [0.5, 0.6) is 0 Å². The van der Waals surface area contributed by atoms with Gasteiger partial charge in [-0.1, -0.05) is 19.3 Å². The van der Waals surface area contributed by atoms with Gasteiger partial charge >= 0.3 is 5.69 Å². The number of halogens is 1. The van der Waals surface area contributed by atoms with E-state index in [0.29, 0.717) is 16.9 Å². The van der Waals surface area contributed by atoms with Crippen LogP contribution in [0.4, 0.5) is 0 Å². The first-order valence-electron chi connectivity index (χ1n) is 5.66. The number of nitrogens with zero attached hydrogens (tertiary/aromatic N) is 1. The van der Waals surface area contributed by atoms with E-state index in [2.05, 4.69) is 20.9 Å². The number of hydrogen-bond acceptors (Lipinski definition) is 2. The van der Waals surface area contributed by atoms with E-state index < -0.39 is 0 Å². The molecule has 0 atom stereocenters. The largest absolute Gasteiger partial charge is 0.328 e. The molecule has 0 amide bonds. The Morgan fingerprint density at radius 3 is 2.69 bits per heavy atom. The van der Waals surface area contributed by atoms with Crippen molar-refractivity contribution in [2.45, 2.75) is 38.6 Å². The normalized spacial score (nSPS) is 17.6. The number of H-pyrrole nitrogens is 1. The molecule has 16 heavy (non-hydrogen) atoms. The van der Waals surface area contributed by atoms with E-state index in [1.807, 2.05) is 0 Å². The molecule has 4 nitrogen and oxygen atoms in total. The summed E-state index contributed by atoms with van der Waals surface area (Å²) in [6.45, 7) is 0.716. The van der Waals surface area contributed by atoms with Gasteiger partial charge < -0.3 is 0 Å². The number of rotatable bonds is 2. The second-order valence-corrected chi connectivity index (χ2v) is 5.25. The lowest BCUT2D eigenvalue weighted by atomic mass is 9.89. The van der Waals surface area contributed by atoms with E-state index in [9.17, 15) is 9.59 Å². The predicted octanol–water partition coefficient (Wildman–Crippen LogP) is 1.88. The number of aromatic amines is 1. The molecule has 0 aliphatic heterocycles. The third-order valence-electron chi connectivity index (χ3n) is 3.15. The number of nitrogens with one attached hydrogen (secondary N) is 1. The van der Waals surface area contributed by atoms with Gasteiger partial charge in [0.15, 0.2) is 0 Å². The monoisotopic (exact) mass is 286 g/mol. The number of aromatic nitrogens is 2. The van der Waals surface area contributed by atoms with Crippen LogP contribution in [-0.4, -0.2) is 9.55 Å². The van der Waals surface area contributed by atoms with Gasteiger partial charge in [-0.15, -0.1) is 0 Å². The van der Waals surface area contributed by atoms with Gasteiger partial charge in [0.1, 0.15) is 0 Å². The second-order valence-electron chi connectivity index (χ2n) is 4.39. The molecule has 1 N–H and O–H groups in total. The molecular formula is C11H15BrN2O2. The van der Waals surface area contributed by atoms with Gasteiger partial charge in [-0.3, -0.25) is 14.3 Å². The van der Waals surface area contributed by atoms with Gasteiger partial charge in [-0.2, -0.15) is 0 Å². The predicted molar refractivity (Wildman–Crippen MR) is 65.6 cm³/mol. The molecule has 0 unspecified atom stereocenters. The average Bonchev–Trinajstić information content (AvgIpc) is 2.27. The van der Waals surface area contributed by atoms with Crippen molar-refractivity contribution in [2.24, 2.45) is 5.92 Å². The van der Waals surface area contributed by atoms with E-state index in [0.717, 1.165) is 0 Å². The molecule has 1 fully saturated rings. The molecule has 1 heterocycles. The van der Waals surface area contributed by atoms with Gasteiger partial charge in [0.2, 0.25) is 0 Å². The molecule has 1 aromatic rings. The van der Waals surface area contributed by atoms with Crippen LogP contribution in [0.3, 0.4) is 0 Å². The molecule has 1 aliphatic carbocycles. The zero-order valence-electron chi connectivity index (χ0n) is 9.04. The molecule has 1 saturated carbocycles. The van der Waals surface area contributed by atoms with Crippen molar-refractivity contribution in [3.63, 3.8) is 0 Å². The van der Waals surface area contributed by atoms with Gasteiger partial charge in [-0.05, 0) is 34.7 Å². The van der Waals surface area contributed by atoms with Gasteiger partial charge in [0.05, 0.1) is 4.47 Å². The van der Waals surface area contributed by atoms with Crippen LogP contribution in [0.1, 0.15) is 32.1 Å². The maximum atomic E-state index is 11.6. The Bertz CT molecular complexity index is 472. The Balaban J connectivity index is 2.17. The second kappa shape index (κ2) is 4.99. The summed E-state index contributed by atoms with van der Waals surface area (Å²) >= 11 is 3.14. The molecule has 1 aliphatic rings. The van der Waals surface area contributed by atoms with Crippen molar-refractivity contribution < 1.29 is 0 Å². The molecule has 0 bridgehead atoms. The highest BCUT2D eigenvalue weighted by Gasteiger charge is 2.14. The first kappa shape index (κ1) is 11.6. The molecule has 0 saturated heterocycles. The lowest BCUT2D eigenvalue weighted by molar-refractivity contribution is 0.314. The Morgan fingerprint density at radius 2 is 2.00 bits per heavy atom. The van der Waals surface area contributed by atoms with E-state index in [1.165, 1.54) is 32.1 Å². The molecule has 0 aromatic carbocycles. The van der Waals surface area contributed by atoms with Crippen molar-refractivity contribution in [2.75, 3.05) is 0 Å². The van der Waals surface area contributed by atoms with Crippen LogP contribution in [0.2, 0.25) is 0 Å². The lowest BCUT2D eigenvalue weighted by Gasteiger charge is -2.22. The first-order valence-corrected chi connectivity index (χ1v) is 6.45.